The van der Waals surface area contributed by atoms with Crippen molar-refractivity contribution in [1.29, 1.82) is 0 Å². The Morgan fingerprint density at radius 3 is 2.96 bits per heavy atom. The Morgan fingerprint density at radius 1 is 1.38 bits per heavy atom. The van der Waals surface area contributed by atoms with E-state index in [0.29, 0.717) is 5.92 Å². The summed E-state index contributed by atoms with van der Waals surface area (Å²) < 4.78 is 5.16. The SMILES string of the molecule is COCCCNc1c[nH]c2ncc(C3CC3)c(N3CCC[C@@H](N)C3)c12.Cl. The molecule has 1 aliphatic carbocycles. The molecule has 7 heteroatoms. The van der Waals surface area contributed by atoms with Gasteiger partial charge in [0.25, 0.3) is 0 Å². The first-order valence-corrected chi connectivity index (χ1v) is 9.51. The first-order chi connectivity index (χ1) is 12.3. The maximum atomic E-state index is 6.28. The highest BCUT2D eigenvalue weighted by Gasteiger charge is 2.31. The second kappa shape index (κ2) is 8.46. The standard InChI is InChI=1S/C19H29N5O.ClH/c1-25-9-3-7-21-16-11-23-19-17(16)18(15(10-22-19)13-5-6-13)24-8-2-4-14(20)12-24;/h10-11,13-14,21H,2-9,12,20H2,1H3,(H,22,23);1H/t14-;/m1./s1. The molecule has 1 atom stereocenters. The molecular formula is C19H30ClN5O. The molecule has 0 unspecified atom stereocenters. The van der Waals surface area contributed by atoms with Gasteiger partial charge in [-0.3, -0.25) is 0 Å². The minimum Gasteiger partial charge on any atom is -0.385 e. The summed E-state index contributed by atoms with van der Waals surface area (Å²) in [5, 5.41) is 4.80. The second-order valence-electron chi connectivity index (χ2n) is 7.38. The Balaban J connectivity index is 0.00000196. The van der Waals surface area contributed by atoms with Crippen LogP contribution in [0.3, 0.4) is 0 Å². The average Bonchev–Trinajstić information content (AvgIpc) is 3.39. The van der Waals surface area contributed by atoms with Crippen molar-refractivity contribution in [2.24, 2.45) is 5.73 Å². The van der Waals surface area contributed by atoms with Gasteiger partial charge in [0.05, 0.1) is 16.8 Å². The number of hydrogen-bond donors (Lipinski definition) is 3. The zero-order chi connectivity index (χ0) is 17.2. The lowest BCUT2D eigenvalue weighted by molar-refractivity contribution is 0.198. The van der Waals surface area contributed by atoms with Crippen LogP contribution in [0.4, 0.5) is 11.4 Å². The maximum Gasteiger partial charge on any atom is 0.141 e. The molecule has 0 aromatic carbocycles. The van der Waals surface area contributed by atoms with Gasteiger partial charge < -0.3 is 25.7 Å². The van der Waals surface area contributed by atoms with Crippen LogP contribution in [-0.4, -0.2) is 49.4 Å². The van der Waals surface area contributed by atoms with Crippen LogP contribution >= 0.6 is 12.4 Å². The quantitative estimate of drug-likeness (QED) is 0.643. The Labute approximate surface area is 161 Å². The van der Waals surface area contributed by atoms with Gasteiger partial charge in [0.1, 0.15) is 5.65 Å². The van der Waals surface area contributed by atoms with E-state index in [2.05, 4.69) is 27.6 Å². The Kier molecular flexibility index (Phi) is 6.27. The number of ether oxygens (including phenoxy) is 1. The number of nitrogens with two attached hydrogens (primary N) is 1. The number of fused-ring (bicyclic) bond motifs is 1. The fourth-order valence-corrected chi connectivity index (χ4v) is 3.92. The molecule has 2 aliphatic rings. The zero-order valence-electron chi connectivity index (χ0n) is 15.5. The van der Waals surface area contributed by atoms with Gasteiger partial charge in [-0.1, -0.05) is 0 Å². The van der Waals surface area contributed by atoms with E-state index >= 15 is 0 Å². The summed E-state index contributed by atoms with van der Waals surface area (Å²) in [4.78, 5) is 10.5. The number of nitrogens with zero attached hydrogens (tertiary/aromatic N) is 2. The van der Waals surface area contributed by atoms with Gasteiger partial charge in [-0.15, -0.1) is 12.4 Å². The number of halogens is 1. The molecule has 2 aromatic heterocycles. The number of nitrogens with one attached hydrogen (secondary N) is 2. The van der Waals surface area contributed by atoms with Crippen LogP contribution in [0.5, 0.6) is 0 Å². The first kappa shape index (κ1) is 19.3. The number of aromatic amines is 1. The van der Waals surface area contributed by atoms with Crippen LogP contribution in [0, 0.1) is 0 Å². The van der Waals surface area contributed by atoms with Crippen molar-refractivity contribution in [3.63, 3.8) is 0 Å². The summed E-state index contributed by atoms with van der Waals surface area (Å²) in [5.74, 6) is 0.668. The number of methoxy groups -OCH3 is 1. The van der Waals surface area contributed by atoms with Crippen molar-refractivity contribution in [1.82, 2.24) is 9.97 Å². The Morgan fingerprint density at radius 2 is 2.23 bits per heavy atom. The second-order valence-corrected chi connectivity index (χ2v) is 7.38. The van der Waals surface area contributed by atoms with Crippen molar-refractivity contribution in [3.05, 3.63) is 18.0 Å². The third kappa shape index (κ3) is 3.92. The normalized spacial score (nSPS) is 20.2. The largest absolute Gasteiger partial charge is 0.385 e. The molecule has 1 saturated carbocycles. The van der Waals surface area contributed by atoms with Gasteiger partial charge in [0.15, 0.2) is 0 Å². The number of pyridine rings is 1. The molecule has 4 rings (SSSR count). The first-order valence-electron chi connectivity index (χ1n) is 9.51. The summed E-state index contributed by atoms with van der Waals surface area (Å²) in [6.45, 7) is 3.69. The van der Waals surface area contributed by atoms with E-state index in [0.717, 1.165) is 56.8 Å². The lowest BCUT2D eigenvalue weighted by atomic mass is 10.0. The van der Waals surface area contributed by atoms with E-state index in [1.165, 1.54) is 29.5 Å². The molecule has 2 fully saturated rings. The minimum atomic E-state index is 0. The number of aromatic nitrogens is 2. The van der Waals surface area contributed by atoms with E-state index in [1.807, 2.05) is 0 Å². The molecule has 0 radical (unpaired) electrons. The molecule has 0 spiro atoms. The van der Waals surface area contributed by atoms with Gasteiger partial charge in [-0.2, -0.15) is 0 Å². The third-order valence-corrected chi connectivity index (χ3v) is 5.33. The summed E-state index contributed by atoms with van der Waals surface area (Å²) in [5.41, 5.74) is 11.2. The van der Waals surface area contributed by atoms with Crippen molar-refractivity contribution in [2.45, 2.75) is 44.1 Å². The molecule has 0 amide bonds. The number of hydrogen-bond acceptors (Lipinski definition) is 5. The van der Waals surface area contributed by atoms with Crippen molar-refractivity contribution >= 4 is 34.8 Å². The highest BCUT2D eigenvalue weighted by Crippen LogP contribution is 2.48. The summed E-state index contributed by atoms with van der Waals surface area (Å²) >= 11 is 0. The van der Waals surface area contributed by atoms with Crippen LogP contribution < -0.4 is 16.0 Å². The van der Waals surface area contributed by atoms with Crippen LogP contribution in [-0.2, 0) is 4.74 Å². The molecule has 0 bridgehead atoms. The van der Waals surface area contributed by atoms with Crippen LogP contribution in [0.25, 0.3) is 11.0 Å². The van der Waals surface area contributed by atoms with Crippen LogP contribution in [0.1, 0.15) is 43.6 Å². The van der Waals surface area contributed by atoms with Gasteiger partial charge in [0, 0.05) is 51.8 Å². The lowest BCUT2D eigenvalue weighted by Gasteiger charge is -2.34. The topological polar surface area (TPSA) is 79.2 Å². The predicted molar refractivity (Wildman–Crippen MR) is 110 cm³/mol. The van der Waals surface area contributed by atoms with Crippen molar-refractivity contribution < 1.29 is 4.74 Å². The monoisotopic (exact) mass is 379 g/mol. The molecule has 4 N–H and O–H groups in total. The molecular weight excluding hydrogens is 350 g/mol. The Hall–Kier alpha value is -1.50. The summed E-state index contributed by atoms with van der Waals surface area (Å²) in [6, 6.07) is 0.265. The number of anilines is 2. The molecule has 6 nitrogen and oxygen atoms in total. The van der Waals surface area contributed by atoms with E-state index in [1.54, 1.807) is 7.11 Å². The van der Waals surface area contributed by atoms with Crippen LogP contribution in [0.15, 0.2) is 12.4 Å². The highest BCUT2D eigenvalue weighted by atomic mass is 35.5. The number of H-pyrrole nitrogens is 1. The van der Waals surface area contributed by atoms with E-state index in [4.69, 9.17) is 15.5 Å². The van der Waals surface area contributed by atoms with E-state index < -0.39 is 0 Å². The summed E-state index contributed by atoms with van der Waals surface area (Å²) in [6.07, 6.45) is 9.97. The molecule has 3 heterocycles. The molecule has 26 heavy (non-hydrogen) atoms. The van der Waals surface area contributed by atoms with Gasteiger partial charge >= 0.3 is 0 Å². The van der Waals surface area contributed by atoms with Gasteiger partial charge in [-0.05, 0) is 43.6 Å². The van der Waals surface area contributed by atoms with E-state index in [9.17, 15) is 0 Å². The van der Waals surface area contributed by atoms with E-state index in [-0.39, 0.29) is 18.4 Å². The molecule has 1 saturated heterocycles. The minimum absolute atomic E-state index is 0. The van der Waals surface area contributed by atoms with Crippen molar-refractivity contribution in [3.8, 4) is 0 Å². The molecule has 2 aromatic rings. The summed E-state index contributed by atoms with van der Waals surface area (Å²) in [7, 11) is 1.75. The number of rotatable bonds is 7. The smallest absolute Gasteiger partial charge is 0.141 e. The molecule has 1 aliphatic heterocycles. The maximum absolute atomic E-state index is 6.28. The zero-order valence-corrected chi connectivity index (χ0v) is 16.3. The fraction of sp³-hybridized carbons (Fsp3) is 0.632. The Bertz CT molecular complexity index is 730. The van der Waals surface area contributed by atoms with Crippen LogP contribution in [0.2, 0.25) is 0 Å². The lowest BCUT2D eigenvalue weighted by Crippen LogP contribution is -2.43. The predicted octanol–water partition coefficient (Wildman–Crippen LogP) is 3.24. The average molecular weight is 380 g/mol. The van der Waals surface area contributed by atoms with Gasteiger partial charge in [-0.25, -0.2) is 4.98 Å². The number of piperidine rings is 1. The van der Waals surface area contributed by atoms with Crippen molar-refractivity contribution in [2.75, 3.05) is 43.6 Å². The van der Waals surface area contributed by atoms with Gasteiger partial charge in [0.2, 0.25) is 0 Å². The molecule has 144 valence electrons. The highest BCUT2D eigenvalue weighted by molar-refractivity contribution is 6.02. The fourth-order valence-electron chi connectivity index (χ4n) is 3.92. The third-order valence-electron chi connectivity index (χ3n) is 5.33.